The first-order valence-electron chi connectivity index (χ1n) is 14.1. The minimum Gasteiger partial charge on any atom is -1.00 e. The zero-order valence-electron chi connectivity index (χ0n) is 26.4. The molecule has 6 heteroatoms. The van der Waals surface area contributed by atoms with Gasteiger partial charge < -0.3 is 44.8 Å². The topological polar surface area (TPSA) is 90.7 Å². The zero-order chi connectivity index (χ0) is 29.2. The van der Waals surface area contributed by atoms with Crippen LogP contribution in [0, 0.1) is 29.6 Å². The minimum absolute atomic E-state index is 0. The Morgan fingerprint density at radius 2 is 1.07 bits per heavy atom. The number of hydrogen-bond acceptors (Lipinski definition) is 4. The Morgan fingerprint density at radius 1 is 0.725 bits per heavy atom. The SMILES string of the molecule is C.C=C(C)[C@@H]1CC[C@](C)(O)[C@@H](C)C1.C=C(C)[C@@H]1CC[C@](C)(O)[C@@H](C)C1.C=C(C)[C@H]1C=C[C@@](C)(O)CC1.CI.[I-].[OH-]. The molecule has 0 saturated heterocycles. The lowest BCUT2D eigenvalue weighted by molar-refractivity contribution is -0.0345. The lowest BCUT2D eigenvalue weighted by atomic mass is 9.71. The highest BCUT2D eigenvalue weighted by molar-refractivity contribution is 14.1. The van der Waals surface area contributed by atoms with Crippen molar-refractivity contribution in [3.8, 4) is 0 Å². The number of halogens is 2. The van der Waals surface area contributed by atoms with Gasteiger partial charge in [-0.2, -0.15) is 0 Å². The third-order valence-electron chi connectivity index (χ3n) is 9.07. The average molecular weight is 791 g/mol. The van der Waals surface area contributed by atoms with Crippen LogP contribution in [0.25, 0.3) is 0 Å². The molecule has 0 bridgehead atoms. The summed E-state index contributed by atoms with van der Waals surface area (Å²) >= 11 is 2.15. The molecule has 4 nitrogen and oxygen atoms in total. The molecule has 2 saturated carbocycles. The van der Waals surface area contributed by atoms with Gasteiger partial charge in [0.15, 0.2) is 0 Å². The van der Waals surface area contributed by atoms with Crippen molar-refractivity contribution in [2.75, 3.05) is 4.93 Å². The Morgan fingerprint density at radius 3 is 1.30 bits per heavy atom. The van der Waals surface area contributed by atoms with E-state index in [-0.39, 0.29) is 36.9 Å². The van der Waals surface area contributed by atoms with Gasteiger partial charge in [0, 0.05) is 0 Å². The van der Waals surface area contributed by atoms with Gasteiger partial charge in [-0.05, 0) is 127 Å². The predicted molar refractivity (Wildman–Crippen MR) is 180 cm³/mol. The molecule has 0 heterocycles. The van der Waals surface area contributed by atoms with Gasteiger partial charge in [0.25, 0.3) is 0 Å². The van der Waals surface area contributed by atoms with Crippen molar-refractivity contribution in [3.05, 3.63) is 48.6 Å². The highest BCUT2D eigenvalue weighted by Crippen LogP contribution is 2.40. The third kappa shape index (κ3) is 16.8. The molecule has 0 aromatic rings. The molecule has 40 heavy (non-hydrogen) atoms. The van der Waals surface area contributed by atoms with Crippen molar-refractivity contribution in [1.29, 1.82) is 0 Å². The maximum atomic E-state index is 9.91. The molecule has 3 aliphatic rings. The maximum absolute atomic E-state index is 9.91. The molecule has 0 aromatic heterocycles. The summed E-state index contributed by atoms with van der Waals surface area (Å²) in [6.45, 7) is 28.1. The second-order valence-corrected chi connectivity index (χ2v) is 12.9. The second-order valence-electron chi connectivity index (χ2n) is 12.9. The molecule has 240 valence electrons. The molecule has 8 atom stereocenters. The molecular formula is C34H64I2O4-2. The summed E-state index contributed by atoms with van der Waals surface area (Å²) in [4.78, 5) is 1.97. The minimum atomic E-state index is -0.577. The van der Waals surface area contributed by atoms with E-state index in [0.29, 0.717) is 29.6 Å². The quantitative estimate of drug-likeness (QED) is 0.178. The van der Waals surface area contributed by atoms with E-state index in [1.54, 1.807) is 0 Å². The standard InChI is InChI=1S/2C11H20O.C10H16O.CH3I.CH4.HI.H2O/c2*1-8(2)10-5-6-11(4,12)9(3)7-10;1-8(2)9-4-6-10(3,11)7-5-9;1-2;;;/h2*9-10,12H,1,5-7H2,2-4H3;4,6,9,11H,1,5,7H2,2-3H3;1H3;1H4;1H;1H2/p-2/t2*9-,10+,11-;9-,10+;;;;/m000..../s1. The van der Waals surface area contributed by atoms with Crippen LogP contribution < -0.4 is 24.0 Å². The molecule has 3 aliphatic carbocycles. The van der Waals surface area contributed by atoms with E-state index in [2.05, 4.69) is 76.1 Å². The first-order valence-corrected chi connectivity index (χ1v) is 16.2. The van der Waals surface area contributed by atoms with Gasteiger partial charge in [0.2, 0.25) is 0 Å². The van der Waals surface area contributed by atoms with Crippen LogP contribution in [-0.2, 0) is 0 Å². The fourth-order valence-corrected chi connectivity index (χ4v) is 5.28. The van der Waals surface area contributed by atoms with E-state index < -0.39 is 16.8 Å². The van der Waals surface area contributed by atoms with Gasteiger partial charge in [-0.15, -0.1) is 0 Å². The summed E-state index contributed by atoms with van der Waals surface area (Å²) in [5, 5.41) is 29.4. The van der Waals surface area contributed by atoms with E-state index in [1.807, 2.05) is 38.7 Å². The molecule has 0 aliphatic heterocycles. The summed E-state index contributed by atoms with van der Waals surface area (Å²) in [7, 11) is 0. The van der Waals surface area contributed by atoms with Gasteiger partial charge in [-0.3, -0.25) is 0 Å². The van der Waals surface area contributed by atoms with Crippen molar-refractivity contribution in [3.63, 3.8) is 0 Å². The largest absolute Gasteiger partial charge is 1.00 e. The van der Waals surface area contributed by atoms with Crippen molar-refractivity contribution >= 4 is 22.6 Å². The van der Waals surface area contributed by atoms with Crippen molar-refractivity contribution < 1.29 is 44.8 Å². The van der Waals surface area contributed by atoms with Crippen LogP contribution >= 0.6 is 22.6 Å². The Bertz CT molecular complexity index is 728. The van der Waals surface area contributed by atoms with Gasteiger partial charge in [-0.1, -0.05) is 92.5 Å². The first kappa shape index (κ1) is 47.2. The highest BCUT2D eigenvalue weighted by Gasteiger charge is 2.36. The zero-order valence-corrected chi connectivity index (χ0v) is 30.7. The summed E-state index contributed by atoms with van der Waals surface area (Å²) in [6.07, 6.45) is 12.1. The van der Waals surface area contributed by atoms with Crippen LogP contribution in [0.2, 0.25) is 0 Å². The summed E-state index contributed by atoms with van der Waals surface area (Å²) in [6, 6.07) is 0. The summed E-state index contributed by atoms with van der Waals surface area (Å²) in [5.41, 5.74) is 2.29. The van der Waals surface area contributed by atoms with Crippen LogP contribution in [-0.4, -0.2) is 42.5 Å². The molecular weight excluding hydrogens is 726 g/mol. The number of allylic oxidation sites excluding steroid dienone is 4. The normalized spacial score (nSPS) is 36.0. The van der Waals surface area contributed by atoms with E-state index in [9.17, 15) is 15.3 Å². The number of alkyl halides is 1. The number of rotatable bonds is 3. The lowest BCUT2D eigenvalue weighted by Crippen LogP contribution is -3.00. The third-order valence-corrected chi connectivity index (χ3v) is 9.07. The van der Waals surface area contributed by atoms with Crippen LogP contribution in [0.15, 0.2) is 48.6 Å². The van der Waals surface area contributed by atoms with Crippen molar-refractivity contribution in [1.82, 2.24) is 0 Å². The highest BCUT2D eigenvalue weighted by atomic mass is 127. The molecule has 2 fully saturated rings. The smallest absolute Gasteiger partial charge is 0.0800 e. The maximum Gasteiger partial charge on any atom is 0.0800 e. The molecule has 3 rings (SSSR count). The monoisotopic (exact) mass is 790 g/mol. The Labute approximate surface area is 279 Å². The average Bonchev–Trinajstić information content (AvgIpc) is 2.79. The van der Waals surface area contributed by atoms with E-state index >= 15 is 0 Å². The van der Waals surface area contributed by atoms with Crippen LogP contribution in [0.5, 0.6) is 0 Å². The van der Waals surface area contributed by atoms with E-state index in [0.717, 1.165) is 51.4 Å². The molecule has 0 amide bonds. The van der Waals surface area contributed by atoms with E-state index in [4.69, 9.17) is 0 Å². The Kier molecular flexibility index (Phi) is 24.8. The van der Waals surface area contributed by atoms with Crippen LogP contribution in [0.1, 0.15) is 114 Å². The number of aliphatic hydroxyl groups is 3. The molecule has 0 spiro atoms. The Balaban J connectivity index is -0.000000227. The molecule has 0 radical (unpaired) electrons. The first-order chi connectivity index (χ1) is 16.9. The van der Waals surface area contributed by atoms with Crippen molar-refractivity contribution in [2.24, 2.45) is 29.6 Å². The van der Waals surface area contributed by atoms with Crippen molar-refractivity contribution in [2.45, 2.75) is 131 Å². The van der Waals surface area contributed by atoms with Crippen LogP contribution in [0.4, 0.5) is 0 Å². The Hall–Kier alpha value is 0.260. The summed E-state index contributed by atoms with van der Waals surface area (Å²) < 4.78 is 0. The molecule has 0 aromatic carbocycles. The molecule has 4 N–H and O–H groups in total. The van der Waals surface area contributed by atoms with Gasteiger partial charge in [0.05, 0.1) is 16.8 Å². The molecule has 0 unspecified atom stereocenters. The van der Waals surface area contributed by atoms with E-state index in [1.165, 1.54) is 16.7 Å². The van der Waals surface area contributed by atoms with Gasteiger partial charge >= 0.3 is 0 Å². The fourth-order valence-electron chi connectivity index (χ4n) is 5.28. The van der Waals surface area contributed by atoms with Gasteiger partial charge in [0.1, 0.15) is 0 Å². The second kappa shape index (κ2) is 21.0. The lowest BCUT2D eigenvalue weighted by Gasteiger charge is -2.39. The fraction of sp³-hybridized carbons (Fsp3) is 0.765. The predicted octanol–water partition coefficient (Wildman–Crippen LogP) is 6.29. The summed E-state index contributed by atoms with van der Waals surface area (Å²) in [5.74, 6) is 2.58. The van der Waals surface area contributed by atoms with Crippen LogP contribution in [0.3, 0.4) is 0 Å². The van der Waals surface area contributed by atoms with Gasteiger partial charge in [-0.25, -0.2) is 0 Å². The number of hydrogen-bond donors (Lipinski definition) is 3.